The molecule has 0 bridgehead atoms. The minimum absolute atomic E-state index is 0. The first-order chi connectivity index (χ1) is 19.9. The molecule has 48 heavy (non-hydrogen) atoms. The van der Waals surface area contributed by atoms with Crippen molar-refractivity contribution in [3.05, 3.63) is 47.5 Å². The maximum absolute atomic E-state index is 11.1. The van der Waals surface area contributed by atoms with E-state index in [9.17, 15) is 13.2 Å². The molecule has 2 heterocycles. The van der Waals surface area contributed by atoms with Crippen LogP contribution in [0.15, 0.2) is 46.0 Å². The zero-order valence-corrected chi connectivity index (χ0v) is 28.0. The molecule has 0 saturated heterocycles. The van der Waals surface area contributed by atoms with E-state index in [1.54, 1.807) is 23.1 Å². The number of ether oxygens (including phenoxy) is 2. The Morgan fingerprint density at radius 1 is 0.875 bits per heavy atom. The van der Waals surface area contributed by atoms with Crippen LogP contribution < -0.4 is 9.46 Å². The standard InChI is InChI=1S/C16H16N2OS2.C9H16O2.C6H13NO2S.6CH4/c1-11(2)19-16-14(10-21-15-8-5-9-20-15)17-12-6-3-4-7-13(12)18-16;1-7(2)9(10)11-8-5-3-4-6-8;1-5(2)7-10(8,9)6-3-4-6;;;;;;/h3-9,11H,10H2,1-2H3;7-8H,3-6H2,1-2H3;5-7H,3-4H2,1-2H3;6*1H4. The first-order valence-corrected chi connectivity index (χ1v) is 18.2. The molecule has 1 N–H and O–H groups in total. The van der Waals surface area contributed by atoms with Gasteiger partial charge in [-0.05, 0) is 89.8 Å². The van der Waals surface area contributed by atoms with Gasteiger partial charge < -0.3 is 9.47 Å². The highest BCUT2D eigenvalue weighted by atomic mass is 32.2. The molecule has 0 unspecified atom stereocenters. The number of carbonyl (C=O) groups excluding carboxylic acids is 1. The first kappa shape index (κ1) is 52.6. The van der Waals surface area contributed by atoms with E-state index in [0.717, 1.165) is 48.2 Å². The summed E-state index contributed by atoms with van der Waals surface area (Å²) < 4.78 is 37.1. The van der Waals surface area contributed by atoms with Crippen molar-refractivity contribution in [2.45, 2.75) is 158 Å². The minimum Gasteiger partial charge on any atom is -0.474 e. The van der Waals surface area contributed by atoms with Crippen LogP contribution in [0.25, 0.3) is 11.0 Å². The van der Waals surface area contributed by atoms with Crippen molar-refractivity contribution in [1.29, 1.82) is 0 Å². The highest BCUT2D eigenvalue weighted by Gasteiger charge is 2.35. The van der Waals surface area contributed by atoms with E-state index in [1.807, 2.05) is 65.8 Å². The molecular formula is C37H69N3O5S3. The van der Waals surface area contributed by atoms with Gasteiger partial charge in [-0.15, -0.1) is 23.1 Å². The van der Waals surface area contributed by atoms with Crippen molar-refractivity contribution < 1.29 is 22.7 Å². The number of fused-ring (bicyclic) bond motifs is 1. The highest BCUT2D eigenvalue weighted by Crippen LogP contribution is 2.30. The molecule has 0 aliphatic heterocycles. The summed E-state index contributed by atoms with van der Waals surface area (Å²) in [4.78, 5) is 20.4. The molecule has 5 rings (SSSR count). The molecule has 1 aromatic carbocycles. The number of sulfonamides is 1. The number of thiophene rings is 1. The van der Waals surface area contributed by atoms with Crippen LogP contribution in [0.1, 0.15) is 130 Å². The third-order valence-corrected chi connectivity index (χ3v) is 10.5. The number of thioether (sulfide) groups is 1. The van der Waals surface area contributed by atoms with Crippen molar-refractivity contribution in [3.63, 3.8) is 0 Å². The van der Waals surface area contributed by atoms with Gasteiger partial charge in [0.15, 0.2) is 0 Å². The lowest BCUT2D eigenvalue weighted by molar-refractivity contribution is -0.152. The van der Waals surface area contributed by atoms with Gasteiger partial charge in [0.05, 0.1) is 32.5 Å². The normalized spacial score (nSPS) is 13.4. The van der Waals surface area contributed by atoms with Gasteiger partial charge in [0.2, 0.25) is 15.9 Å². The number of para-hydroxylation sites is 2. The molecular weight excluding hydrogens is 663 g/mol. The molecule has 2 fully saturated rings. The molecule has 280 valence electrons. The average molecular weight is 732 g/mol. The highest BCUT2D eigenvalue weighted by molar-refractivity contribution is 8.00. The molecule has 0 amide bonds. The third-order valence-electron chi connectivity index (χ3n) is 6.22. The van der Waals surface area contributed by atoms with Gasteiger partial charge in [-0.2, -0.15) is 0 Å². The van der Waals surface area contributed by atoms with E-state index in [-0.39, 0.29) is 79.9 Å². The molecule has 0 spiro atoms. The van der Waals surface area contributed by atoms with E-state index in [0.29, 0.717) is 5.88 Å². The maximum Gasteiger partial charge on any atom is 0.308 e. The Morgan fingerprint density at radius 2 is 1.44 bits per heavy atom. The van der Waals surface area contributed by atoms with Crippen LogP contribution >= 0.6 is 23.1 Å². The van der Waals surface area contributed by atoms with Crippen LogP contribution in [-0.2, 0) is 25.3 Å². The smallest absolute Gasteiger partial charge is 0.308 e. The first-order valence-electron chi connectivity index (χ1n) is 14.7. The summed E-state index contributed by atoms with van der Waals surface area (Å²) in [5.74, 6) is 1.39. The maximum atomic E-state index is 11.1. The molecule has 3 aromatic rings. The van der Waals surface area contributed by atoms with E-state index in [1.165, 1.54) is 17.1 Å². The van der Waals surface area contributed by atoms with Crippen molar-refractivity contribution in [1.82, 2.24) is 14.7 Å². The Hall–Kier alpha value is -2.21. The summed E-state index contributed by atoms with van der Waals surface area (Å²) in [6.45, 7) is 11.4. The zero-order chi connectivity index (χ0) is 30.7. The lowest BCUT2D eigenvalue weighted by Crippen LogP contribution is -2.32. The number of rotatable bonds is 10. The minimum atomic E-state index is -2.94. The lowest BCUT2D eigenvalue weighted by atomic mass is 10.2. The number of esters is 1. The van der Waals surface area contributed by atoms with Crippen molar-refractivity contribution in [2.24, 2.45) is 5.92 Å². The van der Waals surface area contributed by atoms with Crippen LogP contribution in [0.4, 0.5) is 0 Å². The second-order valence-electron chi connectivity index (χ2n) is 11.4. The Bertz CT molecular complexity index is 1350. The summed E-state index contributed by atoms with van der Waals surface area (Å²) in [5, 5.41) is 2.00. The van der Waals surface area contributed by atoms with Crippen LogP contribution in [0, 0.1) is 5.92 Å². The second kappa shape index (κ2) is 25.7. The number of nitrogens with one attached hydrogen (secondary N) is 1. The zero-order valence-electron chi connectivity index (χ0n) is 25.5. The molecule has 2 aliphatic carbocycles. The van der Waals surface area contributed by atoms with Crippen molar-refractivity contribution in [3.8, 4) is 5.88 Å². The number of aromatic nitrogens is 2. The summed E-state index contributed by atoms with van der Waals surface area (Å²) in [5.41, 5.74) is 2.69. The fourth-order valence-corrected chi connectivity index (χ4v) is 7.34. The summed E-state index contributed by atoms with van der Waals surface area (Å²) in [6.07, 6.45) is 6.56. The number of benzene rings is 1. The SMILES string of the molecule is C.C.C.C.C.C.CC(C)C(=O)OC1CCCC1.CC(C)NS(=O)(=O)C1CC1.CC(C)Oc1nc2ccccc2nc1CSc1cccs1. The van der Waals surface area contributed by atoms with Gasteiger partial charge in [-0.3, -0.25) is 4.79 Å². The van der Waals surface area contributed by atoms with Crippen LogP contribution in [0.5, 0.6) is 5.88 Å². The predicted molar refractivity (Wildman–Crippen MR) is 213 cm³/mol. The molecule has 2 aliphatic rings. The van der Waals surface area contributed by atoms with Gasteiger partial charge >= 0.3 is 5.97 Å². The Balaban J connectivity index is -0.000000311. The Kier molecular flexibility index (Phi) is 28.2. The lowest BCUT2D eigenvalue weighted by Gasteiger charge is -2.13. The Morgan fingerprint density at radius 3 is 1.90 bits per heavy atom. The largest absolute Gasteiger partial charge is 0.474 e. The van der Waals surface area contributed by atoms with E-state index < -0.39 is 10.0 Å². The monoisotopic (exact) mass is 731 g/mol. The van der Waals surface area contributed by atoms with Gasteiger partial charge in [0, 0.05) is 11.8 Å². The molecule has 0 atom stereocenters. The fourth-order valence-electron chi connectivity index (χ4n) is 4.03. The quantitative estimate of drug-likeness (QED) is 0.162. The third kappa shape index (κ3) is 18.5. The van der Waals surface area contributed by atoms with Crippen LogP contribution in [0.2, 0.25) is 0 Å². The van der Waals surface area contributed by atoms with E-state index in [4.69, 9.17) is 14.5 Å². The van der Waals surface area contributed by atoms with Crippen LogP contribution in [0.3, 0.4) is 0 Å². The number of nitrogens with zero attached hydrogens (tertiary/aromatic N) is 2. The number of carbonyl (C=O) groups is 1. The van der Waals surface area contributed by atoms with E-state index in [2.05, 4.69) is 27.2 Å². The molecule has 0 radical (unpaired) electrons. The van der Waals surface area contributed by atoms with Gasteiger partial charge in [-0.25, -0.2) is 23.1 Å². The molecule has 2 saturated carbocycles. The van der Waals surface area contributed by atoms with Crippen molar-refractivity contribution in [2.75, 3.05) is 0 Å². The van der Waals surface area contributed by atoms with Crippen LogP contribution in [-0.4, -0.2) is 47.9 Å². The van der Waals surface area contributed by atoms with Crippen molar-refractivity contribution >= 4 is 50.1 Å². The molecule has 2 aromatic heterocycles. The molecule has 11 heteroatoms. The number of hydrogen-bond acceptors (Lipinski definition) is 9. The van der Waals surface area contributed by atoms with Gasteiger partial charge in [0.1, 0.15) is 11.8 Å². The Labute approximate surface area is 303 Å². The average Bonchev–Trinajstić information content (AvgIpc) is 3.44. The number of hydrogen-bond donors (Lipinski definition) is 1. The van der Waals surface area contributed by atoms with E-state index >= 15 is 0 Å². The summed E-state index contributed by atoms with van der Waals surface area (Å²) in [6, 6.07) is 12.1. The summed E-state index contributed by atoms with van der Waals surface area (Å²) >= 11 is 3.51. The fraction of sp³-hybridized carbons (Fsp3) is 0.649. The molecule has 8 nitrogen and oxygen atoms in total. The van der Waals surface area contributed by atoms with Gasteiger partial charge in [0.25, 0.3) is 0 Å². The summed E-state index contributed by atoms with van der Waals surface area (Å²) in [7, 11) is -2.94. The second-order valence-corrected chi connectivity index (χ2v) is 15.6. The van der Waals surface area contributed by atoms with Gasteiger partial charge in [-0.1, -0.05) is 76.6 Å². The topological polar surface area (TPSA) is 107 Å². The predicted octanol–water partition coefficient (Wildman–Crippen LogP) is 11.2.